The highest BCUT2D eigenvalue weighted by Crippen LogP contribution is 2.15. The van der Waals surface area contributed by atoms with Crippen LogP contribution >= 0.6 is 11.8 Å². The number of thioether (sulfide) groups is 1. The minimum absolute atomic E-state index is 0.0404. The van der Waals surface area contributed by atoms with Crippen LogP contribution in [0.25, 0.3) is 11.1 Å². The Morgan fingerprint density at radius 3 is 2.67 bits per heavy atom. The second-order valence-corrected chi connectivity index (χ2v) is 6.25. The van der Waals surface area contributed by atoms with Crippen LogP contribution < -0.4 is 11.1 Å². The minimum atomic E-state index is -0.515. The number of benzene rings is 2. The zero-order valence-electron chi connectivity index (χ0n) is 13.3. The van der Waals surface area contributed by atoms with Crippen LogP contribution in [0.1, 0.15) is 5.56 Å². The molecule has 1 N–H and O–H groups in total. The molecule has 0 unspecified atom stereocenters. The molecule has 0 aliphatic carbocycles. The molecule has 24 heavy (non-hydrogen) atoms. The summed E-state index contributed by atoms with van der Waals surface area (Å²) in [5.74, 6) is -0.719. The van der Waals surface area contributed by atoms with E-state index in [9.17, 15) is 9.59 Å². The van der Waals surface area contributed by atoms with Crippen LogP contribution in [-0.2, 0) is 17.8 Å². The first-order valence-electron chi connectivity index (χ1n) is 7.65. The molecule has 1 aromatic heterocycles. The average molecular weight is 342 g/mol. The maximum absolute atomic E-state index is 12.1. The van der Waals surface area contributed by atoms with Crippen LogP contribution in [0.2, 0.25) is 0 Å². The Labute approximate surface area is 143 Å². The van der Waals surface area contributed by atoms with Crippen molar-refractivity contribution >= 4 is 28.8 Å². The third-order valence-electron chi connectivity index (χ3n) is 3.77. The third-order valence-corrected chi connectivity index (χ3v) is 4.51. The van der Waals surface area contributed by atoms with Crippen molar-refractivity contribution in [2.75, 3.05) is 12.8 Å². The van der Waals surface area contributed by atoms with Gasteiger partial charge >= 0.3 is 5.76 Å². The number of nitrogens with zero attached hydrogens (tertiary/aromatic N) is 1. The first-order valence-corrected chi connectivity index (χ1v) is 8.88. The van der Waals surface area contributed by atoms with Crippen molar-refractivity contribution in [1.29, 1.82) is 0 Å². The van der Waals surface area contributed by atoms with Gasteiger partial charge in [0.2, 0.25) is 5.91 Å². The van der Waals surface area contributed by atoms with Gasteiger partial charge in [0.1, 0.15) is 6.54 Å². The molecule has 5 nitrogen and oxygen atoms in total. The average Bonchev–Trinajstić information content (AvgIpc) is 2.91. The molecule has 6 heteroatoms. The van der Waals surface area contributed by atoms with Gasteiger partial charge < -0.3 is 9.73 Å². The molecule has 3 rings (SSSR count). The fourth-order valence-corrected chi connectivity index (χ4v) is 2.91. The fraction of sp³-hybridized carbons (Fsp3) is 0.222. The Hall–Kier alpha value is -2.47. The van der Waals surface area contributed by atoms with Crippen molar-refractivity contribution in [3.05, 3.63) is 64.6 Å². The number of carbonyl (C=O) groups is 1. The molecule has 124 valence electrons. The lowest BCUT2D eigenvalue weighted by Crippen LogP contribution is -2.32. The summed E-state index contributed by atoms with van der Waals surface area (Å²) >= 11 is 1.70. The Morgan fingerprint density at radius 1 is 1.17 bits per heavy atom. The number of oxazole rings is 1. The molecular weight excluding hydrogens is 324 g/mol. The maximum Gasteiger partial charge on any atom is 0.420 e. The van der Waals surface area contributed by atoms with Crippen molar-refractivity contribution in [2.45, 2.75) is 17.9 Å². The van der Waals surface area contributed by atoms with Crippen LogP contribution in [0, 0.1) is 0 Å². The number of fused-ring (bicyclic) bond motifs is 1. The zero-order chi connectivity index (χ0) is 16.9. The van der Waals surface area contributed by atoms with E-state index in [4.69, 9.17) is 4.42 Å². The first-order chi connectivity index (χ1) is 11.7. The van der Waals surface area contributed by atoms with Crippen LogP contribution in [0.5, 0.6) is 0 Å². The van der Waals surface area contributed by atoms with Crippen LogP contribution in [0.4, 0.5) is 0 Å². The second-order valence-electron chi connectivity index (χ2n) is 5.37. The highest BCUT2D eigenvalue weighted by Gasteiger charge is 2.11. The van der Waals surface area contributed by atoms with E-state index < -0.39 is 5.76 Å². The Morgan fingerprint density at radius 2 is 1.92 bits per heavy atom. The minimum Gasteiger partial charge on any atom is -0.408 e. The van der Waals surface area contributed by atoms with Crippen molar-refractivity contribution in [1.82, 2.24) is 9.88 Å². The molecule has 0 aliphatic heterocycles. The SMILES string of the molecule is CSc1ccc(CCNC(=O)Cn2c(=O)oc3ccccc32)cc1. The van der Waals surface area contributed by atoms with Crippen molar-refractivity contribution in [3.63, 3.8) is 0 Å². The van der Waals surface area contributed by atoms with E-state index in [0.29, 0.717) is 17.6 Å². The van der Waals surface area contributed by atoms with Gasteiger partial charge in [-0.2, -0.15) is 0 Å². The van der Waals surface area contributed by atoms with Gasteiger partial charge in [0, 0.05) is 11.4 Å². The Balaban J connectivity index is 1.57. The van der Waals surface area contributed by atoms with E-state index in [1.54, 1.807) is 30.0 Å². The van der Waals surface area contributed by atoms with Crippen LogP contribution in [-0.4, -0.2) is 23.3 Å². The number of aromatic nitrogens is 1. The summed E-state index contributed by atoms with van der Waals surface area (Å²) in [6.07, 6.45) is 2.79. The number of hydrogen-bond acceptors (Lipinski definition) is 4. The number of amides is 1. The molecule has 3 aromatic rings. The van der Waals surface area contributed by atoms with E-state index >= 15 is 0 Å². The molecule has 0 atom stereocenters. The van der Waals surface area contributed by atoms with Gasteiger partial charge in [-0.25, -0.2) is 4.79 Å². The third kappa shape index (κ3) is 3.71. The van der Waals surface area contributed by atoms with Crippen LogP contribution in [0.15, 0.2) is 62.6 Å². The molecular formula is C18H18N2O3S. The molecule has 0 aliphatic rings. The summed E-state index contributed by atoms with van der Waals surface area (Å²) in [6.45, 7) is 0.489. The second kappa shape index (κ2) is 7.40. The van der Waals surface area contributed by atoms with Gasteiger partial charge in [-0.1, -0.05) is 24.3 Å². The number of carbonyl (C=O) groups excluding carboxylic acids is 1. The molecule has 0 radical (unpaired) electrons. The molecule has 1 heterocycles. The van der Waals surface area contributed by atoms with Gasteiger partial charge in [-0.05, 0) is 42.5 Å². The van der Waals surface area contributed by atoms with Crippen molar-refractivity contribution in [3.8, 4) is 0 Å². The molecule has 2 aromatic carbocycles. The monoisotopic (exact) mass is 342 g/mol. The highest BCUT2D eigenvalue weighted by atomic mass is 32.2. The van der Waals surface area contributed by atoms with E-state index in [0.717, 1.165) is 6.42 Å². The largest absolute Gasteiger partial charge is 0.420 e. The number of hydrogen-bond donors (Lipinski definition) is 1. The summed E-state index contributed by atoms with van der Waals surface area (Å²) in [4.78, 5) is 25.1. The number of para-hydroxylation sites is 2. The van der Waals surface area contributed by atoms with Gasteiger partial charge in [0.05, 0.1) is 5.52 Å². The standard InChI is InChI=1S/C18H18N2O3S/c1-24-14-8-6-13(7-9-14)10-11-19-17(21)12-20-15-4-2-3-5-16(15)23-18(20)22/h2-9H,10-12H2,1H3,(H,19,21). The van der Waals surface area contributed by atoms with Gasteiger partial charge in [-0.15, -0.1) is 11.8 Å². The summed E-state index contributed by atoms with van der Waals surface area (Å²) in [7, 11) is 0. The lowest BCUT2D eigenvalue weighted by molar-refractivity contribution is -0.121. The molecule has 0 saturated heterocycles. The van der Waals surface area contributed by atoms with E-state index in [2.05, 4.69) is 29.6 Å². The first kappa shape index (κ1) is 16.4. The van der Waals surface area contributed by atoms with Crippen molar-refractivity contribution in [2.24, 2.45) is 0 Å². The summed E-state index contributed by atoms with van der Waals surface area (Å²) < 4.78 is 6.47. The van der Waals surface area contributed by atoms with Crippen LogP contribution in [0.3, 0.4) is 0 Å². The van der Waals surface area contributed by atoms with E-state index in [1.807, 2.05) is 12.3 Å². The summed E-state index contributed by atoms with van der Waals surface area (Å²) in [6, 6.07) is 15.3. The fourth-order valence-electron chi connectivity index (χ4n) is 2.50. The number of nitrogens with one attached hydrogen (secondary N) is 1. The van der Waals surface area contributed by atoms with Gasteiger partial charge in [0.25, 0.3) is 0 Å². The summed E-state index contributed by atoms with van der Waals surface area (Å²) in [5.41, 5.74) is 2.29. The Bertz CT molecular complexity index is 897. The predicted octanol–water partition coefficient (Wildman–Crippen LogP) is 2.68. The zero-order valence-corrected chi connectivity index (χ0v) is 14.1. The van der Waals surface area contributed by atoms with Crippen molar-refractivity contribution < 1.29 is 9.21 Å². The number of rotatable bonds is 6. The topological polar surface area (TPSA) is 64.2 Å². The molecule has 0 spiro atoms. The predicted molar refractivity (Wildman–Crippen MR) is 95.4 cm³/mol. The van der Waals surface area contributed by atoms with E-state index in [1.165, 1.54) is 15.0 Å². The smallest absolute Gasteiger partial charge is 0.408 e. The normalized spacial score (nSPS) is 10.9. The summed E-state index contributed by atoms with van der Waals surface area (Å²) in [5, 5.41) is 2.84. The molecule has 1 amide bonds. The van der Waals surface area contributed by atoms with E-state index in [-0.39, 0.29) is 12.5 Å². The molecule has 0 fully saturated rings. The van der Waals surface area contributed by atoms with Gasteiger partial charge in [0.15, 0.2) is 5.58 Å². The molecule has 0 saturated carbocycles. The lowest BCUT2D eigenvalue weighted by atomic mass is 10.1. The molecule has 0 bridgehead atoms. The van der Waals surface area contributed by atoms with Gasteiger partial charge in [-0.3, -0.25) is 9.36 Å². The Kier molecular flexibility index (Phi) is 5.05. The highest BCUT2D eigenvalue weighted by molar-refractivity contribution is 7.98. The maximum atomic E-state index is 12.1. The lowest BCUT2D eigenvalue weighted by Gasteiger charge is -2.06. The quantitative estimate of drug-likeness (QED) is 0.700.